The van der Waals surface area contributed by atoms with Gasteiger partial charge in [-0.25, -0.2) is 0 Å². The van der Waals surface area contributed by atoms with Gasteiger partial charge in [0.2, 0.25) is 0 Å². The molecule has 0 amide bonds. The first kappa shape index (κ1) is 20.4. The number of carbonyl (C=O) groups is 1. The molecule has 2 rings (SSSR count). The lowest BCUT2D eigenvalue weighted by Crippen LogP contribution is -2.22. The molecule has 0 fully saturated rings. The quantitative estimate of drug-likeness (QED) is 0.527. The van der Waals surface area contributed by atoms with Crippen LogP contribution in [0.2, 0.25) is 0 Å². The summed E-state index contributed by atoms with van der Waals surface area (Å²) in [6.45, 7) is 13.0. The summed E-state index contributed by atoms with van der Waals surface area (Å²) in [6.07, 6.45) is 1.65. The van der Waals surface area contributed by atoms with Crippen molar-refractivity contribution in [3.8, 4) is 0 Å². The molecule has 0 saturated heterocycles. The molecule has 1 heteroatoms. The lowest BCUT2D eigenvalue weighted by molar-refractivity contribution is -0.125. The van der Waals surface area contributed by atoms with Crippen molar-refractivity contribution in [2.75, 3.05) is 0 Å². The van der Waals surface area contributed by atoms with Crippen molar-refractivity contribution in [3.05, 3.63) is 70.8 Å². The van der Waals surface area contributed by atoms with Gasteiger partial charge in [0, 0.05) is 11.8 Å². The molecule has 1 nitrogen and oxygen atoms in total. The molecule has 2 aromatic rings. The van der Waals surface area contributed by atoms with Crippen molar-refractivity contribution >= 4 is 5.78 Å². The maximum absolute atomic E-state index is 12.8. The number of carbonyl (C=O) groups excluding carboxylic acids is 1. The Balaban J connectivity index is 1.93. The van der Waals surface area contributed by atoms with Crippen LogP contribution in [0, 0.1) is 11.8 Å². The monoisotopic (exact) mass is 350 g/mol. The number of hydrogen-bond acceptors (Lipinski definition) is 1. The van der Waals surface area contributed by atoms with Gasteiger partial charge in [-0.1, -0.05) is 90.1 Å². The molecule has 0 N–H and O–H groups in total. The lowest BCUT2D eigenvalue weighted by atomic mass is 9.86. The third kappa shape index (κ3) is 5.56. The van der Waals surface area contributed by atoms with Crippen LogP contribution in [0.25, 0.3) is 0 Å². The van der Waals surface area contributed by atoms with Crippen LogP contribution in [-0.2, 0) is 17.6 Å². The number of rotatable bonds is 8. The second kappa shape index (κ2) is 9.16. The van der Waals surface area contributed by atoms with Gasteiger partial charge in [0.1, 0.15) is 5.78 Å². The van der Waals surface area contributed by atoms with Gasteiger partial charge in [0.15, 0.2) is 0 Å². The summed E-state index contributed by atoms with van der Waals surface area (Å²) < 4.78 is 0. The molecule has 0 bridgehead atoms. The maximum atomic E-state index is 12.8. The van der Waals surface area contributed by atoms with E-state index >= 15 is 0 Å². The Morgan fingerprint density at radius 1 is 0.615 bits per heavy atom. The molecule has 2 aromatic carbocycles. The Morgan fingerprint density at radius 2 is 0.923 bits per heavy atom. The van der Waals surface area contributed by atoms with E-state index in [1.54, 1.807) is 0 Å². The normalized spacial score (nSPS) is 13.8. The van der Waals surface area contributed by atoms with E-state index in [0.717, 1.165) is 12.8 Å². The molecule has 26 heavy (non-hydrogen) atoms. The molecule has 0 aliphatic rings. The molecule has 0 aromatic heterocycles. The minimum absolute atomic E-state index is 0.0600. The molecule has 0 aliphatic carbocycles. The summed E-state index contributed by atoms with van der Waals surface area (Å²) in [7, 11) is 0. The van der Waals surface area contributed by atoms with Crippen molar-refractivity contribution in [1.29, 1.82) is 0 Å². The average molecular weight is 351 g/mol. The van der Waals surface area contributed by atoms with E-state index in [0.29, 0.717) is 17.6 Å². The van der Waals surface area contributed by atoms with Crippen molar-refractivity contribution in [1.82, 2.24) is 0 Å². The summed E-state index contributed by atoms with van der Waals surface area (Å²) in [6, 6.07) is 17.5. The highest BCUT2D eigenvalue weighted by Gasteiger charge is 2.20. The summed E-state index contributed by atoms with van der Waals surface area (Å²) in [5.41, 5.74) is 5.21. The van der Waals surface area contributed by atoms with Crippen LogP contribution in [-0.4, -0.2) is 5.78 Å². The highest BCUT2D eigenvalue weighted by molar-refractivity contribution is 5.83. The predicted octanol–water partition coefficient (Wildman–Crippen LogP) is 6.56. The predicted molar refractivity (Wildman–Crippen MR) is 112 cm³/mol. The van der Waals surface area contributed by atoms with Crippen LogP contribution in [0.15, 0.2) is 48.5 Å². The van der Waals surface area contributed by atoms with Crippen LogP contribution in [0.3, 0.4) is 0 Å². The third-order valence-electron chi connectivity index (χ3n) is 5.35. The fourth-order valence-electron chi connectivity index (χ4n) is 3.47. The zero-order chi connectivity index (χ0) is 19.3. The van der Waals surface area contributed by atoms with Gasteiger partial charge < -0.3 is 0 Å². The lowest BCUT2D eigenvalue weighted by Gasteiger charge is -2.17. The molecule has 2 unspecified atom stereocenters. The van der Waals surface area contributed by atoms with Crippen LogP contribution < -0.4 is 0 Å². The van der Waals surface area contributed by atoms with E-state index in [1.807, 2.05) is 0 Å². The van der Waals surface area contributed by atoms with Gasteiger partial charge in [-0.3, -0.25) is 4.79 Å². The van der Waals surface area contributed by atoms with Crippen molar-refractivity contribution in [3.63, 3.8) is 0 Å². The molecule has 140 valence electrons. The Kier molecular flexibility index (Phi) is 7.20. The van der Waals surface area contributed by atoms with E-state index in [4.69, 9.17) is 0 Å². The van der Waals surface area contributed by atoms with Crippen molar-refractivity contribution < 1.29 is 4.79 Å². The van der Waals surface area contributed by atoms with Crippen LogP contribution in [0.4, 0.5) is 0 Å². The molecule has 2 atom stereocenters. The number of benzene rings is 2. The molecule has 0 aliphatic heterocycles. The van der Waals surface area contributed by atoms with Crippen LogP contribution in [0.1, 0.15) is 75.6 Å². The summed E-state index contributed by atoms with van der Waals surface area (Å²) in [4.78, 5) is 12.8. The zero-order valence-electron chi connectivity index (χ0n) is 17.3. The van der Waals surface area contributed by atoms with Gasteiger partial charge in [-0.2, -0.15) is 0 Å². The second-order valence-corrected chi connectivity index (χ2v) is 8.41. The Morgan fingerprint density at radius 3 is 1.19 bits per heavy atom. The minimum atomic E-state index is 0.0600. The average Bonchev–Trinajstić information content (AvgIpc) is 2.61. The van der Waals surface area contributed by atoms with Crippen LogP contribution >= 0.6 is 0 Å². The molecule has 0 saturated carbocycles. The van der Waals surface area contributed by atoms with E-state index in [-0.39, 0.29) is 11.8 Å². The Bertz CT molecular complexity index is 630. The molecule has 0 radical (unpaired) electrons. The van der Waals surface area contributed by atoms with E-state index in [1.165, 1.54) is 22.3 Å². The SMILES string of the molecule is CC(Cc1ccc(C(C)C)cc1)C(=O)C(C)Cc1ccc(C(C)C)cc1. The first-order chi connectivity index (χ1) is 12.3. The van der Waals surface area contributed by atoms with Crippen molar-refractivity contribution in [2.24, 2.45) is 11.8 Å². The first-order valence-electron chi connectivity index (χ1n) is 9.99. The van der Waals surface area contributed by atoms with E-state index in [2.05, 4.69) is 90.1 Å². The van der Waals surface area contributed by atoms with E-state index < -0.39 is 0 Å². The fraction of sp³-hybridized carbons (Fsp3) is 0.480. The molecular weight excluding hydrogens is 316 g/mol. The highest BCUT2D eigenvalue weighted by Crippen LogP contribution is 2.21. The molecule has 0 spiro atoms. The molecular formula is C25H34O. The van der Waals surface area contributed by atoms with E-state index in [9.17, 15) is 4.79 Å². The molecule has 0 heterocycles. The zero-order valence-corrected chi connectivity index (χ0v) is 17.3. The number of Topliss-reactive ketones (excluding diaryl/α,β-unsaturated/α-hetero) is 1. The van der Waals surface area contributed by atoms with Gasteiger partial charge >= 0.3 is 0 Å². The summed E-state index contributed by atoms with van der Waals surface area (Å²) >= 11 is 0. The highest BCUT2D eigenvalue weighted by atomic mass is 16.1. The van der Waals surface area contributed by atoms with Gasteiger partial charge in [-0.05, 0) is 46.9 Å². The summed E-state index contributed by atoms with van der Waals surface area (Å²) in [5.74, 6) is 1.58. The van der Waals surface area contributed by atoms with Crippen molar-refractivity contribution in [2.45, 2.75) is 66.2 Å². The van der Waals surface area contributed by atoms with Gasteiger partial charge in [-0.15, -0.1) is 0 Å². The second-order valence-electron chi connectivity index (χ2n) is 8.41. The Labute approximate surface area is 159 Å². The number of hydrogen-bond donors (Lipinski definition) is 0. The summed E-state index contributed by atoms with van der Waals surface area (Å²) in [5, 5.41) is 0. The fourth-order valence-corrected chi connectivity index (χ4v) is 3.47. The first-order valence-corrected chi connectivity index (χ1v) is 9.99. The third-order valence-corrected chi connectivity index (χ3v) is 5.35. The van der Waals surface area contributed by atoms with Gasteiger partial charge in [0.05, 0.1) is 0 Å². The Hall–Kier alpha value is -1.89. The standard InChI is InChI=1S/C25H34O/c1-17(2)23-11-7-21(8-12-23)15-19(5)25(26)20(6)16-22-9-13-24(14-10-22)18(3)4/h7-14,17-20H,15-16H2,1-6H3. The topological polar surface area (TPSA) is 17.1 Å². The smallest absolute Gasteiger partial charge is 0.139 e. The largest absolute Gasteiger partial charge is 0.299 e. The maximum Gasteiger partial charge on any atom is 0.139 e. The number of ketones is 1. The van der Waals surface area contributed by atoms with Gasteiger partial charge in [0.25, 0.3) is 0 Å². The van der Waals surface area contributed by atoms with Crippen LogP contribution in [0.5, 0.6) is 0 Å². The minimum Gasteiger partial charge on any atom is -0.299 e.